The van der Waals surface area contributed by atoms with Crippen molar-refractivity contribution in [3.8, 4) is 0 Å². The van der Waals surface area contributed by atoms with Crippen molar-refractivity contribution in [1.29, 1.82) is 0 Å². The molecular weight excluding hydrogens is 378 g/mol. The van der Waals surface area contributed by atoms with Crippen LogP contribution in [0.2, 0.25) is 0 Å². The third kappa shape index (κ3) is 5.15. The van der Waals surface area contributed by atoms with E-state index in [9.17, 15) is 9.59 Å². The minimum atomic E-state index is -0.268. The Kier molecular flexibility index (Phi) is 6.25. The summed E-state index contributed by atoms with van der Waals surface area (Å²) in [6, 6.07) is 20.9. The second kappa shape index (κ2) is 9.41. The van der Waals surface area contributed by atoms with Crippen LogP contribution in [0.3, 0.4) is 0 Å². The molecule has 1 aliphatic rings. The second-order valence-corrected chi connectivity index (χ2v) is 7.46. The summed E-state index contributed by atoms with van der Waals surface area (Å²) in [5.41, 5.74) is 2.11. The van der Waals surface area contributed by atoms with Crippen molar-refractivity contribution in [2.24, 2.45) is 5.92 Å². The molecule has 0 aliphatic heterocycles. The summed E-state index contributed by atoms with van der Waals surface area (Å²) in [6.07, 6.45) is 3.91. The molecule has 3 N–H and O–H groups in total. The van der Waals surface area contributed by atoms with Crippen molar-refractivity contribution < 1.29 is 14.0 Å². The van der Waals surface area contributed by atoms with E-state index in [0.717, 1.165) is 0 Å². The molecule has 1 aliphatic carbocycles. The zero-order valence-electron chi connectivity index (χ0n) is 16.6. The Morgan fingerprint density at radius 3 is 2.47 bits per heavy atom. The van der Waals surface area contributed by atoms with Crippen LogP contribution in [-0.2, 0) is 11.3 Å². The van der Waals surface area contributed by atoms with Gasteiger partial charge in [0.15, 0.2) is 0 Å². The average Bonchev–Trinajstić information content (AvgIpc) is 3.47. The summed E-state index contributed by atoms with van der Waals surface area (Å²) >= 11 is 0. The number of hydrogen-bond donors (Lipinski definition) is 3. The zero-order valence-corrected chi connectivity index (χ0v) is 16.6. The first-order valence-corrected chi connectivity index (χ1v) is 10.2. The fourth-order valence-corrected chi connectivity index (χ4v) is 3.51. The molecule has 1 saturated carbocycles. The largest absolute Gasteiger partial charge is 0.467 e. The third-order valence-corrected chi connectivity index (χ3v) is 5.18. The van der Waals surface area contributed by atoms with E-state index >= 15 is 0 Å². The van der Waals surface area contributed by atoms with Crippen LogP contribution in [0, 0.1) is 5.92 Å². The van der Waals surface area contributed by atoms with Crippen LogP contribution >= 0.6 is 0 Å². The lowest BCUT2D eigenvalue weighted by molar-refractivity contribution is -0.115. The van der Waals surface area contributed by atoms with Gasteiger partial charge in [0.2, 0.25) is 5.91 Å². The van der Waals surface area contributed by atoms with E-state index in [1.54, 1.807) is 42.7 Å². The molecule has 4 rings (SSSR count). The fraction of sp³-hybridized carbons (Fsp3) is 0.250. The summed E-state index contributed by atoms with van der Waals surface area (Å²) in [5.74, 6) is 0.791. The quantitative estimate of drug-likeness (QED) is 0.506. The Morgan fingerprint density at radius 1 is 0.967 bits per heavy atom. The SMILES string of the molecule is O=C(CNC(c1ccccc1)C1CC1)Nc1ccccc1C(=O)NCc1ccco1. The summed E-state index contributed by atoms with van der Waals surface area (Å²) in [7, 11) is 0. The first kappa shape index (κ1) is 19.9. The summed E-state index contributed by atoms with van der Waals surface area (Å²) in [5, 5.41) is 9.06. The molecule has 6 heteroatoms. The van der Waals surface area contributed by atoms with E-state index in [-0.39, 0.29) is 30.9 Å². The van der Waals surface area contributed by atoms with Gasteiger partial charge in [0.1, 0.15) is 5.76 Å². The number of para-hydroxylation sites is 1. The maximum Gasteiger partial charge on any atom is 0.253 e. The van der Waals surface area contributed by atoms with Gasteiger partial charge in [-0.05, 0) is 48.6 Å². The second-order valence-electron chi connectivity index (χ2n) is 7.46. The van der Waals surface area contributed by atoms with E-state index in [4.69, 9.17) is 4.42 Å². The van der Waals surface area contributed by atoms with Crippen LogP contribution in [0.15, 0.2) is 77.4 Å². The van der Waals surface area contributed by atoms with E-state index in [1.165, 1.54) is 18.4 Å². The smallest absolute Gasteiger partial charge is 0.253 e. The molecule has 154 valence electrons. The van der Waals surface area contributed by atoms with Crippen molar-refractivity contribution in [3.05, 3.63) is 89.9 Å². The molecule has 2 amide bonds. The Morgan fingerprint density at radius 2 is 1.73 bits per heavy atom. The van der Waals surface area contributed by atoms with Gasteiger partial charge in [0, 0.05) is 6.04 Å². The molecular formula is C24H25N3O3. The summed E-state index contributed by atoms with van der Waals surface area (Å²) in [4.78, 5) is 25.2. The van der Waals surface area contributed by atoms with Crippen LogP contribution in [0.25, 0.3) is 0 Å². The molecule has 30 heavy (non-hydrogen) atoms. The van der Waals surface area contributed by atoms with Gasteiger partial charge in [-0.25, -0.2) is 0 Å². The first-order valence-electron chi connectivity index (χ1n) is 10.2. The highest BCUT2D eigenvalue weighted by atomic mass is 16.3. The van der Waals surface area contributed by atoms with Crippen molar-refractivity contribution in [2.75, 3.05) is 11.9 Å². The number of carbonyl (C=O) groups is 2. The molecule has 6 nitrogen and oxygen atoms in total. The maximum atomic E-state index is 12.6. The average molecular weight is 403 g/mol. The van der Waals surface area contributed by atoms with Gasteiger partial charge in [0.25, 0.3) is 5.91 Å². The molecule has 1 atom stereocenters. The number of rotatable bonds is 9. The minimum absolute atomic E-state index is 0.170. The molecule has 2 aromatic carbocycles. The van der Waals surface area contributed by atoms with Gasteiger partial charge in [-0.3, -0.25) is 9.59 Å². The number of carbonyl (C=O) groups excluding carboxylic acids is 2. The Bertz CT molecular complexity index is 982. The monoisotopic (exact) mass is 403 g/mol. The van der Waals surface area contributed by atoms with Gasteiger partial charge in [0.05, 0.1) is 30.6 Å². The van der Waals surface area contributed by atoms with Crippen molar-refractivity contribution in [1.82, 2.24) is 10.6 Å². The van der Waals surface area contributed by atoms with Gasteiger partial charge in [-0.15, -0.1) is 0 Å². The molecule has 0 bridgehead atoms. The fourth-order valence-electron chi connectivity index (χ4n) is 3.51. The highest BCUT2D eigenvalue weighted by Gasteiger charge is 2.32. The highest BCUT2D eigenvalue weighted by molar-refractivity contribution is 6.04. The van der Waals surface area contributed by atoms with E-state index in [2.05, 4.69) is 28.1 Å². The number of amides is 2. The van der Waals surface area contributed by atoms with Crippen LogP contribution < -0.4 is 16.0 Å². The minimum Gasteiger partial charge on any atom is -0.467 e. The Balaban J connectivity index is 1.35. The molecule has 0 radical (unpaired) electrons. The Labute approximate surface area is 175 Å². The van der Waals surface area contributed by atoms with Crippen LogP contribution in [-0.4, -0.2) is 18.4 Å². The number of anilines is 1. The Hall–Kier alpha value is -3.38. The van der Waals surface area contributed by atoms with Crippen molar-refractivity contribution in [2.45, 2.75) is 25.4 Å². The lowest BCUT2D eigenvalue weighted by Crippen LogP contribution is -2.33. The summed E-state index contributed by atoms with van der Waals surface area (Å²) < 4.78 is 5.24. The molecule has 1 unspecified atom stereocenters. The number of furan rings is 1. The van der Waals surface area contributed by atoms with Gasteiger partial charge >= 0.3 is 0 Å². The lowest BCUT2D eigenvalue weighted by atomic mass is 10.0. The number of benzene rings is 2. The normalized spacial score (nSPS) is 14.1. The maximum absolute atomic E-state index is 12.6. The van der Waals surface area contributed by atoms with E-state index in [1.807, 2.05) is 18.2 Å². The third-order valence-electron chi connectivity index (χ3n) is 5.18. The van der Waals surface area contributed by atoms with E-state index < -0.39 is 0 Å². The summed E-state index contributed by atoms with van der Waals surface area (Å²) in [6.45, 7) is 0.466. The lowest BCUT2D eigenvalue weighted by Gasteiger charge is -2.19. The standard InChI is InChI=1S/C24H25N3O3/c28-22(16-25-23(18-12-13-18)17-7-2-1-3-8-17)27-21-11-5-4-10-20(21)24(29)26-15-19-9-6-14-30-19/h1-11,14,18,23,25H,12-13,15-16H2,(H,26,29)(H,27,28). The number of nitrogens with one attached hydrogen (secondary N) is 3. The van der Waals surface area contributed by atoms with Crippen LogP contribution in [0.5, 0.6) is 0 Å². The highest BCUT2D eigenvalue weighted by Crippen LogP contribution is 2.40. The molecule has 0 saturated heterocycles. The van der Waals surface area contributed by atoms with Gasteiger partial charge in [-0.2, -0.15) is 0 Å². The molecule has 1 fully saturated rings. The van der Waals surface area contributed by atoms with E-state index in [0.29, 0.717) is 22.9 Å². The molecule has 3 aromatic rings. The zero-order chi connectivity index (χ0) is 20.8. The number of hydrogen-bond acceptors (Lipinski definition) is 4. The van der Waals surface area contributed by atoms with Crippen LogP contribution in [0.4, 0.5) is 5.69 Å². The first-order chi connectivity index (χ1) is 14.7. The molecule has 0 spiro atoms. The van der Waals surface area contributed by atoms with Crippen molar-refractivity contribution in [3.63, 3.8) is 0 Å². The predicted octanol–water partition coefficient (Wildman–Crippen LogP) is 3.89. The molecule has 1 heterocycles. The topological polar surface area (TPSA) is 83.4 Å². The van der Waals surface area contributed by atoms with Crippen molar-refractivity contribution >= 4 is 17.5 Å². The molecule has 1 aromatic heterocycles. The van der Waals surface area contributed by atoms with Gasteiger partial charge in [-0.1, -0.05) is 42.5 Å². The predicted molar refractivity (Wildman–Crippen MR) is 115 cm³/mol. The van der Waals surface area contributed by atoms with Gasteiger partial charge < -0.3 is 20.4 Å². The van der Waals surface area contributed by atoms with Crippen LogP contribution in [0.1, 0.15) is 40.6 Å².